The van der Waals surface area contributed by atoms with Gasteiger partial charge in [-0.05, 0) is 19.1 Å². The van der Waals surface area contributed by atoms with Crippen LogP contribution in [0.1, 0.15) is 5.69 Å². The maximum atomic E-state index is 12.8. The van der Waals surface area contributed by atoms with E-state index in [-0.39, 0.29) is 5.56 Å². The zero-order valence-corrected chi connectivity index (χ0v) is 13.2. The van der Waals surface area contributed by atoms with Gasteiger partial charge in [-0.1, -0.05) is 18.2 Å². The summed E-state index contributed by atoms with van der Waals surface area (Å²) in [7, 11) is 3.64. The largest absolute Gasteiger partial charge is 0.373 e. The first-order valence-electron chi connectivity index (χ1n) is 7.22. The van der Waals surface area contributed by atoms with Crippen molar-refractivity contribution >= 4 is 17.3 Å². The van der Waals surface area contributed by atoms with Crippen LogP contribution in [-0.2, 0) is 7.05 Å². The molecular formula is C16H18N6O. The van der Waals surface area contributed by atoms with Gasteiger partial charge in [-0.2, -0.15) is 0 Å². The Labute approximate surface area is 133 Å². The van der Waals surface area contributed by atoms with E-state index in [1.165, 1.54) is 6.33 Å². The molecule has 7 heteroatoms. The lowest BCUT2D eigenvalue weighted by Crippen LogP contribution is -2.20. The highest BCUT2D eigenvalue weighted by molar-refractivity contribution is 5.61. The summed E-state index contributed by atoms with van der Waals surface area (Å²) < 4.78 is 3.44. The fourth-order valence-electron chi connectivity index (χ4n) is 2.40. The molecule has 118 valence electrons. The Bertz CT molecular complexity index is 881. The zero-order chi connectivity index (χ0) is 16.4. The van der Waals surface area contributed by atoms with Crippen LogP contribution in [-0.4, -0.2) is 26.4 Å². The van der Waals surface area contributed by atoms with Crippen molar-refractivity contribution in [2.75, 3.05) is 17.7 Å². The lowest BCUT2D eigenvalue weighted by atomic mass is 10.3. The second-order valence-corrected chi connectivity index (χ2v) is 5.10. The minimum absolute atomic E-state index is 0.124. The second-order valence-electron chi connectivity index (χ2n) is 5.10. The van der Waals surface area contributed by atoms with Gasteiger partial charge < -0.3 is 10.6 Å². The summed E-state index contributed by atoms with van der Waals surface area (Å²) >= 11 is 0. The smallest absolute Gasteiger partial charge is 0.295 e. The molecular weight excluding hydrogens is 292 g/mol. The number of hydrogen-bond acceptors (Lipinski definition) is 5. The SMILES string of the molecule is CNc1cc(Nc2c(C)n(C)n(-c3ccccc3)c2=O)ncn1. The van der Waals surface area contributed by atoms with Gasteiger partial charge in [-0.3, -0.25) is 9.48 Å². The van der Waals surface area contributed by atoms with Crippen molar-refractivity contribution in [2.45, 2.75) is 6.92 Å². The van der Waals surface area contributed by atoms with Crippen LogP contribution in [0.15, 0.2) is 47.5 Å². The molecule has 0 saturated carbocycles. The van der Waals surface area contributed by atoms with E-state index in [1.807, 2.05) is 49.0 Å². The van der Waals surface area contributed by atoms with Crippen LogP contribution in [0.5, 0.6) is 0 Å². The van der Waals surface area contributed by atoms with Crippen molar-refractivity contribution in [3.05, 3.63) is 58.8 Å². The number of nitrogens with one attached hydrogen (secondary N) is 2. The highest BCUT2D eigenvalue weighted by atomic mass is 16.1. The Morgan fingerprint density at radius 1 is 1.09 bits per heavy atom. The van der Waals surface area contributed by atoms with E-state index in [2.05, 4.69) is 20.6 Å². The molecule has 23 heavy (non-hydrogen) atoms. The van der Waals surface area contributed by atoms with Crippen LogP contribution in [0.3, 0.4) is 0 Å². The average molecular weight is 310 g/mol. The molecule has 0 aliphatic rings. The summed E-state index contributed by atoms with van der Waals surface area (Å²) in [4.78, 5) is 21.0. The molecule has 0 bridgehead atoms. The molecule has 0 unspecified atom stereocenters. The van der Waals surface area contributed by atoms with E-state index in [4.69, 9.17) is 0 Å². The molecule has 7 nitrogen and oxygen atoms in total. The summed E-state index contributed by atoms with van der Waals surface area (Å²) in [5.41, 5.74) is 2.01. The lowest BCUT2D eigenvalue weighted by Gasteiger charge is -2.07. The maximum Gasteiger partial charge on any atom is 0.295 e. The van der Waals surface area contributed by atoms with E-state index < -0.39 is 0 Å². The molecule has 1 aromatic carbocycles. The van der Waals surface area contributed by atoms with E-state index in [0.29, 0.717) is 17.3 Å². The maximum absolute atomic E-state index is 12.8. The zero-order valence-electron chi connectivity index (χ0n) is 13.2. The predicted octanol–water partition coefficient (Wildman–Crippen LogP) is 2.06. The normalized spacial score (nSPS) is 10.6. The molecule has 0 fully saturated rings. The number of anilines is 3. The van der Waals surface area contributed by atoms with Gasteiger partial charge in [0.2, 0.25) is 0 Å². The van der Waals surface area contributed by atoms with Crippen LogP contribution in [0.2, 0.25) is 0 Å². The number of para-hydroxylation sites is 1. The van der Waals surface area contributed by atoms with Gasteiger partial charge >= 0.3 is 0 Å². The molecule has 0 aliphatic carbocycles. The van der Waals surface area contributed by atoms with Crippen molar-refractivity contribution in [3.63, 3.8) is 0 Å². The minimum atomic E-state index is -0.124. The molecule has 0 atom stereocenters. The van der Waals surface area contributed by atoms with E-state index in [0.717, 1.165) is 11.4 Å². The molecule has 0 radical (unpaired) electrons. The van der Waals surface area contributed by atoms with Crippen LogP contribution >= 0.6 is 0 Å². The Balaban J connectivity index is 2.06. The lowest BCUT2D eigenvalue weighted by molar-refractivity contribution is 0.630. The number of nitrogens with zero attached hydrogens (tertiary/aromatic N) is 4. The minimum Gasteiger partial charge on any atom is -0.373 e. The van der Waals surface area contributed by atoms with Gasteiger partial charge in [0.1, 0.15) is 23.7 Å². The summed E-state index contributed by atoms with van der Waals surface area (Å²) in [5, 5.41) is 6.05. The third kappa shape index (κ3) is 2.68. The molecule has 3 aromatic rings. The van der Waals surface area contributed by atoms with Crippen LogP contribution in [0, 0.1) is 6.92 Å². The number of rotatable bonds is 4. The first-order chi connectivity index (χ1) is 11.1. The Morgan fingerprint density at radius 3 is 2.48 bits per heavy atom. The predicted molar refractivity (Wildman–Crippen MR) is 90.6 cm³/mol. The van der Waals surface area contributed by atoms with Crippen LogP contribution in [0.25, 0.3) is 5.69 Å². The van der Waals surface area contributed by atoms with Gasteiger partial charge in [0.05, 0.1) is 11.4 Å². The summed E-state index contributed by atoms with van der Waals surface area (Å²) in [6.07, 6.45) is 1.45. The summed E-state index contributed by atoms with van der Waals surface area (Å²) in [6, 6.07) is 11.3. The van der Waals surface area contributed by atoms with Crippen molar-refractivity contribution in [1.82, 2.24) is 19.3 Å². The van der Waals surface area contributed by atoms with Gasteiger partial charge in [-0.15, -0.1) is 0 Å². The fraction of sp³-hybridized carbons (Fsp3) is 0.188. The number of hydrogen-bond donors (Lipinski definition) is 2. The van der Waals surface area contributed by atoms with Crippen molar-refractivity contribution in [3.8, 4) is 5.69 Å². The van der Waals surface area contributed by atoms with E-state index in [1.54, 1.807) is 17.8 Å². The molecule has 3 rings (SSSR count). The summed E-state index contributed by atoms with van der Waals surface area (Å²) in [6.45, 7) is 1.89. The average Bonchev–Trinajstić information content (AvgIpc) is 2.79. The molecule has 2 heterocycles. The molecule has 2 aromatic heterocycles. The van der Waals surface area contributed by atoms with Crippen molar-refractivity contribution in [1.29, 1.82) is 0 Å². The fourth-order valence-corrected chi connectivity index (χ4v) is 2.40. The first kappa shape index (κ1) is 14.8. The highest BCUT2D eigenvalue weighted by Crippen LogP contribution is 2.18. The van der Waals surface area contributed by atoms with Gasteiger partial charge in [0.15, 0.2) is 0 Å². The second kappa shape index (κ2) is 5.96. The van der Waals surface area contributed by atoms with Gasteiger partial charge in [-0.25, -0.2) is 14.6 Å². The highest BCUT2D eigenvalue weighted by Gasteiger charge is 2.16. The summed E-state index contributed by atoms with van der Waals surface area (Å²) in [5.74, 6) is 1.25. The number of aromatic nitrogens is 4. The molecule has 0 aliphatic heterocycles. The molecule has 2 N–H and O–H groups in total. The monoisotopic (exact) mass is 310 g/mol. The van der Waals surface area contributed by atoms with Crippen molar-refractivity contribution in [2.24, 2.45) is 7.05 Å². The standard InChI is InChI=1S/C16H18N6O/c1-11-15(20-14-9-13(17-2)18-10-19-14)16(23)22(21(11)3)12-7-5-4-6-8-12/h4-10H,1-3H3,(H2,17,18,19,20). The van der Waals surface area contributed by atoms with E-state index in [9.17, 15) is 4.79 Å². The molecule has 0 saturated heterocycles. The number of benzene rings is 1. The third-order valence-electron chi connectivity index (χ3n) is 3.73. The third-order valence-corrected chi connectivity index (χ3v) is 3.73. The van der Waals surface area contributed by atoms with Gasteiger partial charge in [0, 0.05) is 20.2 Å². The Morgan fingerprint density at radius 2 is 1.78 bits per heavy atom. The Hall–Kier alpha value is -3.09. The Kier molecular flexibility index (Phi) is 3.84. The first-order valence-corrected chi connectivity index (χ1v) is 7.22. The van der Waals surface area contributed by atoms with Gasteiger partial charge in [0.25, 0.3) is 5.56 Å². The van der Waals surface area contributed by atoms with Crippen LogP contribution < -0.4 is 16.2 Å². The van der Waals surface area contributed by atoms with Crippen LogP contribution in [0.4, 0.5) is 17.3 Å². The quantitative estimate of drug-likeness (QED) is 0.771. The molecule has 0 amide bonds. The molecule has 0 spiro atoms. The topological polar surface area (TPSA) is 76.8 Å². The van der Waals surface area contributed by atoms with E-state index >= 15 is 0 Å². The van der Waals surface area contributed by atoms with Crippen molar-refractivity contribution < 1.29 is 0 Å².